The second-order valence-corrected chi connectivity index (χ2v) is 9.53. The van der Waals surface area contributed by atoms with Crippen molar-refractivity contribution >= 4 is 0 Å². The number of hydrogen-bond acceptors (Lipinski definition) is 1. The van der Waals surface area contributed by atoms with Crippen molar-refractivity contribution in [3.8, 4) is 0 Å². The SMILES string of the molecule is CCCC1CC[C@H]2C(CC[C@H]3CC(O)(c4ccc(C)cc4)CCC32)C1. The molecule has 138 valence electrons. The van der Waals surface area contributed by atoms with E-state index in [1.54, 1.807) is 0 Å². The van der Waals surface area contributed by atoms with E-state index in [-0.39, 0.29) is 0 Å². The second-order valence-electron chi connectivity index (χ2n) is 9.53. The molecule has 1 aromatic carbocycles. The van der Waals surface area contributed by atoms with Crippen molar-refractivity contribution in [3.05, 3.63) is 35.4 Å². The highest BCUT2D eigenvalue weighted by atomic mass is 16.3. The van der Waals surface area contributed by atoms with E-state index in [0.29, 0.717) is 0 Å². The molecular formula is C24H36O. The van der Waals surface area contributed by atoms with Crippen LogP contribution >= 0.6 is 0 Å². The van der Waals surface area contributed by atoms with Gasteiger partial charge in [0.05, 0.1) is 5.60 Å². The quantitative estimate of drug-likeness (QED) is 0.692. The van der Waals surface area contributed by atoms with Gasteiger partial charge in [-0.25, -0.2) is 0 Å². The number of fused-ring (bicyclic) bond motifs is 3. The zero-order valence-electron chi connectivity index (χ0n) is 16.2. The largest absolute Gasteiger partial charge is 0.385 e. The second kappa shape index (κ2) is 7.06. The molecule has 1 N–H and O–H groups in total. The van der Waals surface area contributed by atoms with Crippen molar-refractivity contribution in [3.63, 3.8) is 0 Å². The van der Waals surface area contributed by atoms with Gasteiger partial charge >= 0.3 is 0 Å². The highest BCUT2D eigenvalue weighted by Crippen LogP contribution is 2.56. The Bertz CT molecular complexity index is 576. The van der Waals surface area contributed by atoms with E-state index in [0.717, 1.165) is 48.0 Å². The summed E-state index contributed by atoms with van der Waals surface area (Å²) >= 11 is 0. The maximum Gasteiger partial charge on any atom is 0.0899 e. The first-order valence-electron chi connectivity index (χ1n) is 10.9. The standard InChI is InChI=1S/C24H36O/c1-3-4-18-7-12-22-19(15-18)8-9-20-16-24(25,14-13-23(20)22)21-10-5-17(2)6-11-21/h5-6,10-11,18-20,22-23,25H,3-4,7-9,12-16H2,1-2H3/t18?,19?,20-,22-,23?,24?/m0/s1. The van der Waals surface area contributed by atoms with Gasteiger partial charge in [-0.1, -0.05) is 56.0 Å². The molecule has 0 saturated heterocycles. The summed E-state index contributed by atoms with van der Waals surface area (Å²) in [4.78, 5) is 0. The van der Waals surface area contributed by atoms with Gasteiger partial charge < -0.3 is 5.11 Å². The predicted molar refractivity (Wildman–Crippen MR) is 104 cm³/mol. The highest BCUT2D eigenvalue weighted by Gasteiger charge is 2.48. The first-order chi connectivity index (χ1) is 12.1. The topological polar surface area (TPSA) is 20.2 Å². The Morgan fingerprint density at radius 1 is 0.960 bits per heavy atom. The Hall–Kier alpha value is -0.820. The molecule has 4 rings (SSSR count). The van der Waals surface area contributed by atoms with Crippen molar-refractivity contribution in [2.24, 2.45) is 29.6 Å². The van der Waals surface area contributed by atoms with Crippen LogP contribution in [0.3, 0.4) is 0 Å². The number of rotatable bonds is 3. The van der Waals surface area contributed by atoms with Crippen LogP contribution in [0.1, 0.15) is 82.3 Å². The van der Waals surface area contributed by atoms with Gasteiger partial charge in [0.2, 0.25) is 0 Å². The van der Waals surface area contributed by atoms with Crippen molar-refractivity contribution in [2.45, 2.75) is 83.7 Å². The summed E-state index contributed by atoms with van der Waals surface area (Å²) in [5, 5.41) is 11.4. The lowest BCUT2D eigenvalue weighted by molar-refractivity contribution is -0.0842. The third kappa shape index (κ3) is 3.42. The molecule has 0 amide bonds. The zero-order chi connectivity index (χ0) is 17.4. The van der Waals surface area contributed by atoms with Crippen LogP contribution in [0.2, 0.25) is 0 Å². The lowest BCUT2D eigenvalue weighted by atomic mass is 9.54. The van der Waals surface area contributed by atoms with Crippen LogP contribution in [-0.4, -0.2) is 5.11 Å². The van der Waals surface area contributed by atoms with Crippen LogP contribution in [0.15, 0.2) is 24.3 Å². The van der Waals surface area contributed by atoms with Crippen molar-refractivity contribution in [1.29, 1.82) is 0 Å². The lowest BCUT2D eigenvalue weighted by Gasteiger charge is -2.52. The van der Waals surface area contributed by atoms with E-state index in [1.165, 1.54) is 56.9 Å². The van der Waals surface area contributed by atoms with E-state index < -0.39 is 5.60 Å². The molecule has 1 aromatic rings. The van der Waals surface area contributed by atoms with Gasteiger partial charge in [-0.15, -0.1) is 0 Å². The van der Waals surface area contributed by atoms with E-state index in [4.69, 9.17) is 0 Å². The van der Waals surface area contributed by atoms with Gasteiger partial charge in [0.1, 0.15) is 0 Å². The first kappa shape index (κ1) is 17.6. The van der Waals surface area contributed by atoms with Gasteiger partial charge in [0, 0.05) is 0 Å². The molecule has 1 nitrogen and oxygen atoms in total. The van der Waals surface area contributed by atoms with E-state index in [9.17, 15) is 5.11 Å². The Kier molecular flexibility index (Phi) is 4.97. The Morgan fingerprint density at radius 3 is 2.44 bits per heavy atom. The minimum absolute atomic E-state index is 0.568. The normalized spacial score (nSPS) is 41.0. The van der Waals surface area contributed by atoms with Crippen LogP contribution in [0, 0.1) is 36.5 Å². The smallest absolute Gasteiger partial charge is 0.0899 e. The molecule has 3 fully saturated rings. The fraction of sp³-hybridized carbons (Fsp3) is 0.750. The Morgan fingerprint density at radius 2 is 1.68 bits per heavy atom. The van der Waals surface area contributed by atoms with Crippen molar-refractivity contribution < 1.29 is 5.11 Å². The Labute approximate surface area is 154 Å². The molecule has 0 aliphatic heterocycles. The third-order valence-electron chi connectivity index (χ3n) is 7.99. The highest BCUT2D eigenvalue weighted by molar-refractivity contribution is 5.27. The van der Waals surface area contributed by atoms with Crippen LogP contribution in [-0.2, 0) is 5.60 Å². The molecule has 3 aliphatic carbocycles. The molecule has 6 atom stereocenters. The molecule has 0 spiro atoms. The average Bonchev–Trinajstić information content (AvgIpc) is 2.62. The molecule has 0 radical (unpaired) electrons. The molecule has 3 saturated carbocycles. The predicted octanol–water partition coefficient (Wildman–Crippen LogP) is 6.23. The summed E-state index contributed by atoms with van der Waals surface area (Å²) in [6.45, 7) is 4.47. The molecule has 0 heterocycles. The molecule has 4 unspecified atom stereocenters. The fourth-order valence-corrected chi connectivity index (χ4v) is 6.71. The van der Waals surface area contributed by atoms with E-state index in [1.807, 2.05) is 0 Å². The van der Waals surface area contributed by atoms with Crippen molar-refractivity contribution in [1.82, 2.24) is 0 Å². The van der Waals surface area contributed by atoms with Gasteiger partial charge in [0.15, 0.2) is 0 Å². The van der Waals surface area contributed by atoms with E-state index >= 15 is 0 Å². The molecule has 0 aromatic heterocycles. The third-order valence-corrected chi connectivity index (χ3v) is 7.99. The monoisotopic (exact) mass is 340 g/mol. The number of aliphatic hydroxyl groups is 1. The maximum atomic E-state index is 11.4. The van der Waals surface area contributed by atoms with Gasteiger partial charge in [0.25, 0.3) is 0 Å². The summed E-state index contributed by atoms with van der Waals surface area (Å²) in [5.41, 5.74) is 1.87. The zero-order valence-corrected chi connectivity index (χ0v) is 16.2. The minimum atomic E-state index is -0.568. The number of hydrogen-bond donors (Lipinski definition) is 1. The van der Waals surface area contributed by atoms with Crippen LogP contribution < -0.4 is 0 Å². The average molecular weight is 341 g/mol. The molecule has 3 aliphatic rings. The molecular weight excluding hydrogens is 304 g/mol. The Balaban J connectivity index is 1.45. The maximum absolute atomic E-state index is 11.4. The summed E-state index contributed by atoms with van der Waals surface area (Å²) in [6.07, 6.45) is 13.3. The van der Waals surface area contributed by atoms with Crippen LogP contribution in [0.5, 0.6) is 0 Å². The van der Waals surface area contributed by atoms with Gasteiger partial charge in [-0.05, 0) is 87.0 Å². The van der Waals surface area contributed by atoms with Gasteiger partial charge in [-0.2, -0.15) is 0 Å². The molecule has 25 heavy (non-hydrogen) atoms. The van der Waals surface area contributed by atoms with Crippen molar-refractivity contribution in [2.75, 3.05) is 0 Å². The summed E-state index contributed by atoms with van der Waals surface area (Å²) in [6, 6.07) is 8.64. The fourth-order valence-electron chi connectivity index (χ4n) is 6.71. The first-order valence-corrected chi connectivity index (χ1v) is 10.9. The van der Waals surface area contributed by atoms with Gasteiger partial charge in [-0.3, -0.25) is 0 Å². The summed E-state index contributed by atoms with van der Waals surface area (Å²) in [7, 11) is 0. The molecule has 1 heteroatoms. The van der Waals surface area contributed by atoms with Crippen LogP contribution in [0.4, 0.5) is 0 Å². The minimum Gasteiger partial charge on any atom is -0.385 e. The van der Waals surface area contributed by atoms with E-state index in [2.05, 4.69) is 38.1 Å². The lowest BCUT2D eigenvalue weighted by Crippen LogP contribution is -2.45. The summed E-state index contributed by atoms with van der Waals surface area (Å²) in [5.74, 6) is 4.62. The number of aryl methyl sites for hydroxylation is 1. The summed E-state index contributed by atoms with van der Waals surface area (Å²) < 4.78 is 0. The molecule has 0 bridgehead atoms. The number of benzene rings is 1. The van der Waals surface area contributed by atoms with Crippen LogP contribution in [0.25, 0.3) is 0 Å².